The first-order valence-electron chi connectivity index (χ1n) is 6.96. The molecule has 3 rings (SSSR count). The summed E-state index contributed by atoms with van der Waals surface area (Å²) in [5.41, 5.74) is 9.74. The number of nitrogen functional groups attached to an aromatic ring is 1. The van der Waals surface area contributed by atoms with Crippen LogP contribution in [0.5, 0.6) is 0 Å². The Morgan fingerprint density at radius 1 is 1.36 bits per heavy atom. The second-order valence-corrected chi connectivity index (χ2v) is 4.99. The molecule has 0 spiro atoms. The number of hydrogen-bond acceptors (Lipinski definition) is 4. The Labute approximate surface area is 128 Å². The molecule has 2 aromatic heterocycles. The molecule has 0 saturated heterocycles. The van der Waals surface area contributed by atoms with Crippen molar-refractivity contribution < 1.29 is 0 Å². The largest absolute Gasteiger partial charge is 0.382 e. The minimum absolute atomic E-state index is 0.513. The lowest BCUT2D eigenvalue weighted by Crippen LogP contribution is -2.10. The van der Waals surface area contributed by atoms with Crippen LogP contribution in [-0.4, -0.2) is 15.2 Å². The Bertz CT molecular complexity index is 817. The molecule has 4 N–H and O–H groups in total. The van der Waals surface area contributed by atoms with Crippen molar-refractivity contribution >= 4 is 22.8 Å². The summed E-state index contributed by atoms with van der Waals surface area (Å²) in [6.07, 6.45) is 7.52. The topological polar surface area (TPSA) is 79.6 Å². The summed E-state index contributed by atoms with van der Waals surface area (Å²) in [5, 5.41) is 11.0. The number of aromatic nitrogens is 3. The number of nitrogens with two attached hydrogens (primary N) is 1. The van der Waals surface area contributed by atoms with Crippen molar-refractivity contribution in [3.63, 3.8) is 0 Å². The van der Waals surface area contributed by atoms with Crippen LogP contribution in [0.25, 0.3) is 17.0 Å². The molecule has 0 unspecified atom stereocenters. The zero-order valence-corrected chi connectivity index (χ0v) is 12.1. The molecule has 2 heterocycles. The highest BCUT2D eigenvalue weighted by molar-refractivity contribution is 5.90. The van der Waals surface area contributed by atoms with Crippen LogP contribution >= 0.6 is 0 Å². The molecule has 3 aromatic rings. The number of allylic oxidation sites excluding steroid dienone is 1. The summed E-state index contributed by atoms with van der Waals surface area (Å²) < 4.78 is 0. The summed E-state index contributed by atoms with van der Waals surface area (Å²) in [6, 6.07) is 9.90. The SMILES string of the molecule is C=C(/C=C/c1ccc2[nH]nc(N)c2c1)NCc1cccnc1. The number of pyridine rings is 1. The van der Waals surface area contributed by atoms with Crippen LogP contribution in [0.1, 0.15) is 11.1 Å². The summed E-state index contributed by atoms with van der Waals surface area (Å²) in [7, 11) is 0. The highest BCUT2D eigenvalue weighted by Crippen LogP contribution is 2.19. The Balaban J connectivity index is 1.64. The first-order valence-corrected chi connectivity index (χ1v) is 6.96. The van der Waals surface area contributed by atoms with Crippen LogP contribution < -0.4 is 11.1 Å². The van der Waals surface area contributed by atoms with Gasteiger partial charge in [0.15, 0.2) is 5.82 Å². The van der Waals surface area contributed by atoms with E-state index in [4.69, 9.17) is 5.73 Å². The number of benzene rings is 1. The quantitative estimate of drug-likeness (QED) is 0.631. The third-order valence-electron chi connectivity index (χ3n) is 3.34. The molecule has 0 amide bonds. The number of anilines is 1. The van der Waals surface area contributed by atoms with E-state index in [1.807, 2.05) is 48.7 Å². The molecule has 110 valence electrons. The second kappa shape index (κ2) is 6.13. The first-order chi connectivity index (χ1) is 10.7. The van der Waals surface area contributed by atoms with E-state index in [2.05, 4.69) is 27.1 Å². The van der Waals surface area contributed by atoms with E-state index in [0.717, 1.165) is 27.7 Å². The molecule has 0 aliphatic carbocycles. The molecule has 0 aliphatic heterocycles. The minimum atomic E-state index is 0.513. The fourth-order valence-electron chi connectivity index (χ4n) is 2.13. The van der Waals surface area contributed by atoms with Crippen LogP contribution in [0.2, 0.25) is 0 Å². The van der Waals surface area contributed by atoms with Gasteiger partial charge in [0.05, 0.1) is 5.52 Å². The predicted octanol–water partition coefficient (Wildman–Crippen LogP) is 2.86. The average molecular weight is 291 g/mol. The molecule has 0 saturated carbocycles. The van der Waals surface area contributed by atoms with Gasteiger partial charge >= 0.3 is 0 Å². The predicted molar refractivity (Wildman–Crippen MR) is 89.8 cm³/mol. The zero-order valence-electron chi connectivity index (χ0n) is 12.1. The Kier molecular flexibility index (Phi) is 3.87. The van der Waals surface area contributed by atoms with Crippen molar-refractivity contribution in [2.24, 2.45) is 0 Å². The molecule has 0 atom stereocenters. The van der Waals surface area contributed by atoms with Gasteiger partial charge in [-0.2, -0.15) is 5.10 Å². The molecule has 0 aliphatic rings. The van der Waals surface area contributed by atoms with E-state index in [1.165, 1.54) is 0 Å². The number of nitrogens with zero attached hydrogens (tertiary/aromatic N) is 2. The lowest BCUT2D eigenvalue weighted by molar-refractivity contribution is 0.832. The minimum Gasteiger partial charge on any atom is -0.382 e. The van der Waals surface area contributed by atoms with Gasteiger partial charge in [0.25, 0.3) is 0 Å². The Morgan fingerprint density at radius 2 is 2.27 bits per heavy atom. The maximum Gasteiger partial charge on any atom is 0.153 e. The normalized spacial score (nSPS) is 11.1. The molecular formula is C17H17N5. The molecule has 5 heteroatoms. The van der Waals surface area contributed by atoms with Crippen molar-refractivity contribution in [3.05, 3.63) is 72.2 Å². The lowest BCUT2D eigenvalue weighted by atomic mass is 10.1. The summed E-state index contributed by atoms with van der Waals surface area (Å²) in [5.74, 6) is 0.513. The first kappa shape index (κ1) is 13.9. The second-order valence-electron chi connectivity index (χ2n) is 4.99. The standard InChI is InChI=1S/C17H17N5/c1-12(20-11-14-3-2-8-19-10-14)4-5-13-6-7-16-15(9-13)17(18)22-21-16/h2-10,20H,1,11H2,(H3,18,21,22)/b5-4+. The van der Waals surface area contributed by atoms with Crippen LogP contribution in [0.4, 0.5) is 5.82 Å². The van der Waals surface area contributed by atoms with Crippen molar-refractivity contribution in [1.29, 1.82) is 0 Å². The molecule has 22 heavy (non-hydrogen) atoms. The van der Waals surface area contributed by atoms with Crippen LogP contribution in [0.15, 0.2) is 61.1 Å². The molecule has 5 nitrogen and oxygen atoms in total. The van der Waals surface area contributed by atoms with Crippen molar-refractivity contribution in [2.75, 3.05) is 5.73 Å². The Morgan fingerprint density at radius 3 is 3.09 bits per heavy atom. The van der Waals surface area contributed by atoms with Gasteiger partial charge in [-0.15, -0.1) is 0 Å². The van der Waals surface area contributed by atoms with Crippen molar-refractivity contribution in [3.8, 4) is 0 Å². The summed E-state index contributed by atoms with van der Waals surface area (Å²) in [6.45, 7) is 4.69. The highest BCUT2D eigenvalue weighted by Gasteiger charge is 2.01. The Hall–Kier alpha value is -3.08. The maximum absolute atomic E-state index is 5.81. The number of rotatable bonds is 5. The van der Waals surface area contributed by atoms with E-state index < -0.39 is 0 Å². The molecular weight excluding hydrogens is 274 g/mol. The molecule has 0 radical (unpaired) electrons. The van der Waals surface area contributed by atoms with E-state index in [9.17, 15) is 0 Å². The monoisotopic (exact) mass is 291 g/mol. The van der Waals surface area contributed by atoms with Crippen LogP contribution in [-0.2, 0) is 6.54 Å². The van der Waals surface area contributed by atoms with E-state index >= 15 is 0 Å². The van der Waals surface area contributed by atoms with Gasteiger partial charge in [-0.3, -0.25) is 10.1 Å². The molecule has 0 fully saturated rings. The van der Waals surface area contributed by atoms with Crippen LogP contribution in [0.3, 0.4) is 0 Å². The van der Waals surface area contributed by atoms with E-state index in [-0.39, 0.29) is 0 Å². The fraction of sp³-hybridized carbons (Fsp3) is 0.0588. The van der Waals surface area contributed by atoms with Gasteiger partial charge in [-0.25, -0.2) is 0 Å². The van der Waals surface area contributed by atoms with Gasteiger partial charge in [-0.05, 0) is 35.4 Å². The number of H-pyrrole nitrogens is 1. The third-order valence-corrected chi connectivity index (χ3v) is 3.34. The number of aromatic amines is 1. The number of nitrogens with one attached hydrogen (secondary N) is 2. The smallest absolute Gasteiger partial charge is 0.153 e. The number of fused-ring (bicyclic) bond motifs is 1. The zero-order chi connectivity index (χ0) is 15.4. The van der Waals surface area contributed by atoms with E-state index in [0.29, 0.717) is 12.4 Å². The van der Waals surface area contributed by atoms with E-state index in [1.54, 1.807) is 6.20 Å². The van der Waals surface area contributed by atoms with Crippen LogP contribution in [0, 0.1) is 0 Å². The lowest BCUT2D eigenvalue weighted by Gasteiger charge is -2.05. The summed E-state index contributed by atoms with van der Waals surface area (Å²) >= 11 is 0. The third kappa shape index (κ3) is 3.15. The van der Waals surface area contributed by atoms with Crippen molar-refractivity contribution in [1.82, 2.24) is 20.5 Å². The van der Waals surface area contributed by atoms with Crippen molar-refractivity contribution in [2.45, 2.75) is 6.54 Å². The van der Waals surface area contributed by atoms with Gasteiger partial charge in [0.2, 0.25) is 0 Å². The van der Waals surface area contributed by atoms with Gasteiger partial charge in [0, 0.05) is 30.0 Å². The molecule has 0 bridgehead atoms. The van der Waals surface area contributed by atoms with Gasteiger partial charge < -0.3 is 11.1 Å². The molecule has 1 aromatic carbocycles. The van der Waals surface area contributed by atoms with Gasteiger partial charge in [0.1, 0.15) is 0 Å². The highest BCUT2D eigenvalue weighted by atomic mass is 15.1. The number of hydrogen-bond donors (Lipinski definition) is 3. The fourth-order valence-corrected chi connectivity index (χ4v) is 2.13. The van der Waals surface area contributed by atoms with Gasteiger partial charge in [-0.1, -0.05) is 24.8 Å². The summed E-state index contributed by atoms with van der Waals surface area (Å²) in [4.78, 5) is 4.08. The average Bonchev–Trinajstić information content (AvgIpc) is 2.93. The maximum atomic E-state index is 5.81.